The zero-order chi connectivity index (χ0) is 25.3. The number of halogens is 1. The second-order valence-electron chi connectivity index (χ2n) is 8.79. The number of amides is 1. The summed E-state index contributed by atoms with van der Waals surface area (Å²) in [6, 6.07) is 19.5. The number of carbonyl (C=O) groups is 2. The Morgan fingerprint density at radius 2 is 1.57 bits per heavy atom. The molecule has 0 bridgehead atoms. The van der Waals surface area contributed by atoms with Crippen molar-refractivity contribution < 1.29 is 14.7 Å². The van der Waals surface area contributed by atoms with E-state index in [0.717, 1.165) is 35.5 Å². The summed E-state index contributed by atoms with van der Waals surface area (Å²) in [6.45, 7) is 9.83. The lowest BCUT2D eigenvalue weighted by Crippen LogP contribution is -2.29. The van der Waals surface area contributed by atoms with Crippen LogP contribution in [0, 0.1) is 13.8 Å². The minimum Gasteiger partial charge on any atom is -0.507 e. The van der Waals surface area contributed by atoms with Crippen LogP contribution in [-0.4, -0.2) is 29.9 Å². The standard InChI is InChI=1S/C29H29ClN2O3/c1-5-31(6-2)23-12-10-20(11-13-23)26-25(27(33)21-8-7-9-22(30)17-21)28(34)29(35)32(26)24-15-18(3)14-19(4)16-24/h7-17,26,33H,5-6H2,1-4H3/b27-25+. The molecule has 1 fully saturated rings. The number of aryl methyl sites for hydroxylation is 2. The van der Waals surface area contributed by atoms with Gasteiger partial charge in [0.15, 0.2) is 0 Å². The average molecular weight is 489 g/mol. The van der Waals surface area contributed by atoms with Crippen LogP contribution in [-0.2, 0) is 9.59 Å². The summed E-state index contributed by atoms with van der Waals surface area (Å²) in [6.07, 6.45) is 0. The van der Waals surface area contributed by atoms with Gasteiger partial charge in [0.05, 0.1) is 11.6 Å². The molecule has 4 rings (SSSR count). The number of ketones is 1. The van der Waals surface area contributed by atoms with Crippen LogP contribution in [0.15, 0.2) is 72.3 Å². The highest BCUT2D eigenvalue weighted by Gasteiger charge is 2.47. The van der Waals surface area contributed by atoms with Gasteiger partial charge in [-0.25, -0.2) is 0 Å². The maximum atomic E-state index is 13.4. The van der Waals surface area contributed by atoms with E-state index < -0.39 is 17.7 Å². The molecular formula is C29H29ClN2O3. The predicted octanol–water partition coefficient (Wildman–Crippen LogP) is 6.43. The van der Waals surface area contributed by atoms with Gasteiger partial charge in [-0.2, -0.15) is 0 Å². The van der Waals surface area contributed by atoms with Crippen molar-refractivity contribution in [3.8, 4) is 0 Å². The molecule has 1 atom stereocenters. The number of hydrogen-bond acceptors (Lipinski definition) is 4. The van der Waals surface area contributed by atoms with E-state index in [4.69, 9.17) is 11.6 Å². The van der Waals surface area contributed by atoms with Gasteiger partial charge >= 0.3 is 0 Å². The number of nitrogens with zero attached hydrogens (tertiary/aromatic N) is 2. The van der Waals surface area contributed by atoms with E-state index in [9.17, 15) is 14.7 Å². The molecule has 1 saturated heterocycles. The third kappa shape index (κ3) is 4.69. The molecule has 6 heteroatoms. The highest BCUT2D eigenvalue weighted by atomic mass is 35.5. The molecule has 1 unspecified atom stereocenters. The Labute approximate surface area is 211 Å². The number of carbonyl (C=O) groups excluding carboxylic acids is 2. The molecule has 180 valence electrons. The van der Waals surface area contributed by atoms with Crippen molar-refractivity contribution in [3.63, 3.8) is 0 Å². The van der Waals surface area contributed by atoms with Gasteiger partial charge in [-0.05, 0) is 80.8 Å². The number of aliphatic hydroxyl groups is 1. The van der Waals surface area contributed by atoms with E-state index in [2.05, 4.69) is 18.7 Å². The fourth-order valence-corrected chi connectivity index (χ4v) is 4.94. The lowest BCUT2D eigenvalue weighted by atomic mass is 9.94. The van der Waals surface area contributed by atoms with Gasteiger partial charge in [-0.1, -0.05) is 41.9 Å². The Morgan fingerprint density at radius 3 is 2.14 bits per heavy atom. The fourth-order valence-electron chi connectivity index (χ4n) is 4.75. The molecule has 1 heterocycles. The molecule has 0 saturated carbocycles. The molecule has 0 radical (unpaired) electrons. The Kier molecular flexibility index (Phi) is 6.99. The van der Waals surface area contributed by atoms with Crippen molar-refractivity contribution in [1.29, 1.82) is 0 Å². The Balaban J connectivity index is 1.93. The third-order valence-corrected chi connectivity index (χ3v) is 6.60. The SMILES string of the molecule is CCN(CC)c1ccc(C2/C(=C(\O)c3cccc(Cl)c3)C(=O)C(=O)N2c2cc(C)cc(C)c2)cc1. The minimum atomic E-state index is -0.777. The summed E-state index contributed by atoms with van der Waals surface area (Å²) in [5, 5.41) is 11.7. The zero-order valence-electron chi connectivity index (χ0n) is 20.4. The first kappa shape index (κ1) is 24.6. The predicted molar refractivity (Wildman–Crippen MR) is 142 cm³/mol. The van der Waals surface area contributed by atoms with Gasteiger partial charge in [-0.3, -0.25) is 14.5 Å². The highest BCUT2D eigenvalue weighted by molar-refractivity contribution is 6.51. The maximum Gasteiger partial charge on any atom is 0.300 e. The van der Waals surface area contributed by atoms with Crippen LogP contribution in [0.3, 0.4) is 0 Å². The largest absolute Gasteiger partial charge is 0.507 e. The van der Waals surface area contributed by atoms with Crippen LogP contribution in [0.25, 0.3) is 5.76 Å². The summed E-state index contributed by atoms with van der Waals surface area (Å²) in [4.78, 5) is 30.5. The molecule has 0 aliphatic carbocycles. The van der Waals surface area contributed by atoms with Crippen molar-refractivity contribution in [3.05, 3.63) is 99.6 Å². The van der Waals surface area contributed by atoms with Crippen LogP contribution in [0.2, 0.25) is 5.02 Å². The molecule has 5 nitrogen and oxygen atoms in total. The van der Waals surface area contributed by atoms with Crippen LogP contribution < -0.4 is 9.80 Å². The minimum absolute atomic E-state index is 0.0482. The highest BCUT2D eigenvalue weighted by Crippen LogP contribution is 2.43. The topological polar surface area (TPSA) is 60.9 Å². The monoisotopic (exact) mass is 488 g/mol. The maximum absolute atomic E-state index is 13.4. The van der Waals surface area contributed by atoms with E-state index >= 15 is 0 Å². The molecule has 1 aliphatic rings. The number of benzene rings is 3. The quantitative estimate of drug-likeness (QED) is 0.247. The van der Waals surface area contributed by atoms with Crippen molar-refractivity contribution in [1.82, 2.24) is 0 Å². The summed E-state index contributed by atoms with van der Waals surface area (Å²) < 4.78 is 0. The Morgan fingerprint density at radius 1 is 0.943 bits per heavy atom. The lowest BCUT2D eigenvalue weighted by molar-refractivity contribution is -0.132. The Bertz CT molecular complexity index is 1290. The van der Waals surface area contributed by atoms with Gasteiger partial charge in [0.2, 0.25) is 0 Å². The van der Waals surface area contributed by atoms with Gasteiger partial charge in [0.1, 0.15) is 5.76 Å². The van der Waals surface area contributed by atoms with Crippen molar-refractivity contribution in [2.24, 2.45) is 0 Å². The second kappa shape index (κ2) is 9.96. The summed E-state index contributed by atoms with van der Waals surface area (Å²) >= 11 is 6.15. The molecule has 0 spiro atoms. The van der Waals surface area contributed by atoms with Crippen LogP contribution in [0.4, 0.5) is 11.4 Å². The van der Waals surface area contributed by atoms with E-state index in [-0.39, 0.29) is 11.3 Å². The summed E-state index contributed by atoms with van der Waals surface area (Å²) in [5.41, 5.74) is 4.81. The van der Waals surface area contributed by atoms with Gasteiger partial charge in [-0.15, -0.1) is 0 Å². The van der Waals surface area contributed by atoms with E-state index in [0.29, 0.717) is 16.3 Å². The lowest BCUT2D eigenvalue weighted by Gasteiger charge is -2.27. The molecule has 1 aliphatic heterocycles. The summed E-state index contributed by atoms with van der Waals surface area (Å²) in [7, 11) is 0. The van der Waals surface area contributed by atoms with Gasteiger partial charge in [0.25, 0.3) is 11.7 Å². The van der Waals surface area contributed by atoms with Crippen molar-refractivity contribution >= 4 is 40.4 Å². The molecule has 1 N–H and O–H groups in total. The van der Waals surface area contributed by atoms with Gasteiger partial charge < -0.3 is 10.0 Å². The normalized spacial score (nSPS) is 17.2. The van der Waals surface area contributed by atoms with Crippen LogP contribution in [0.5, 0.6) is 0 Å². The number of rotatable bonds is 6. The Hall–Kier alpha value is -3.57. The van der Waals surface area contributed by atoms with Crippen LogP contribution in [0.1, 0.15) is 42.1 Å². The first-order chi connectivity index (χ1) is 16.7. The molecule has 3 aromatic rings. The first-order valence-corrected chi connectivity index (χ1v) is 12.1. The fraction of sp³-hybridized carbons (Fsp3) is 0.241. The summed E-state index contributed by atoms with van der Waals surface area (Å²) in [5.74, 6) is -1.63. The van der Waals surface area contributed by atoms with Crippen LogP contribution >= 0.6 is 11.6 Å². The first-order valence-electron chi connectivity index (χ1n) is 11.7. The van der Waals surface area contributed by atoms with Gasteiger partial charge in [0, 0.05) is 35.1 Å². The number of aliphatic hydroxyl groups excluding tert-OH is 1. The molecule has 0 aromatic heterocycles. The van der Waals surface area contributed by atoms with E-state index in [1.54, 1.807) is 24.3 Å². The number of hydrogen-bond donors (Lipinski definition) is 1. The average Bonchev–Trinajstić information content (AvgIpc) is 3.09. The second-order valence-corrected chi connectivity index (χ2v) is 9.23. The third-order valence-electron chi connectivity index (χ3n) is 6.36. The van der Waals surface area contributed by atoms with Crippen molar-refractivity contribution in [2.45, 2.75) is 33.7 Å². The zero-order valence-corrected chi connectivity index (χ0v) is 21.1. The molecular weight excluding hydrogens is 460 g/mol. The molecule has 3 aromatic carbocycles. The van der Waals surface area contributed by atoms with Crippen molar-refractivity contribution in [2.75, 3.05) is 22.9 Å². The van der Waals surface area contributed by atoms with E-state index in [1.165, 1.54) is 4.90 Å². The van der Waals surface area contributed by atoms with E-state index in [1.807, 2.05) is 56.3 Å². The molecule has 1 amide bonds. The number of Topliss-reactive ketones (excluding diaryl/α,β-unsaturated/α-hetero) is 1. The molecule has 35 heavy (non-hydrogen) atoms. The number of anilines is 2. The smallest absolute Gasteiger partial charge is 0.300 e.